The minimum absolute atomic E-state index is 0.0175. The Bertz CT molecular complexity index is 832. The topological polar surface area (TPSA) is 91.2 Å². The zero-order valence-electron chi connectivity index (χ0n) is 13.9. The summed E-state index contributed by atoms with van der Waals surface area (Å²) in [5, 5.41) is 14.5. The standard InChI is InChI=1S/C19H17N3O3/c1-13(23)21-16-5-7-17(8-6-16)22-19(24)15(12-20)11-14-3-9-18(25-2)10-4-14/h3-11H,1-2H3,(H,21,23)(H,22,24). The summed E-state index contributed by atoms with van der Waals surface area (Å²) in [5.74, 6) is 0.0101. The van der Waals surface area contributed by atoms with Gasteiger partial charge >= 0.3 is 0 Å². The van der Waals surface area contributed by atoms with Crippen molar-refractivity contribution in [2.75, 3.05) is 17.7 Å². The van der Waals surface area contributed by atoms with E-state index in [1.165, 1.54) is 13.0 Å². The second kappa shape index (κ2) is 8.31. The van der Waals surface area contributed by atoms with Crippen LogP contribution in [0.3, 0.4) is 0 Å². The summed E-state index contributed by atoms with van der Waals surface area (Å²) < 4.78 is 5.07. The molecule has 0 aliphatic rings. The molecule has 2 aromatic rings. The van der Waals surface area contributed by atoms with Crippen LogP contribution in [-0.4, -0.2) is 18.9 Å². The highest BCUT2D eigenvalue weighted by atomic mass is 16.5. The lowest BCUT2D eigenvalue weighted by molar-refractivity contribution is -0.114. The second-order valence-electron chi connectivity index (χ2n) is 5.16. The molecule has 25 heavy (non-hydrogen) atoms. The van der Waals surface area contributed by atoms with Gasteiger partial charge in [0.1, 0.15) is 17.4 Å². The molecule has 0 atom stereocenters. The first kappa shape index (κ1) is 17.8. The van der Waals surface area contributed by atoms with Gasteiger partial charge in [-0.25, -0.2) is 0 Å². The van der Waals surface area contributed by atoms with Gasteiger partial charge in [-0.3, -0.25) is 9.59 Å². The highest BCUT2D eigenvalue weighted by Crippen LogP contribution is 2.16. The predicted octanol–water partition coefficient (Wildman–Crippen LogP) is 3.20. The molecule has 2 rings (SSSR count). The van der Waals surface area contributed by atoms with E-state index in [1.807, 2.05) is 6.07 Å². The molecule has 2 N–H and O–H groups in total. The summed E-state index contributed by atoms with van der Waals surface area (Å²) in [7, 11) is 1.57. The average Bonchev–Trinajstić information content (AvgIpc) is 2.61. The summed E-state index contributed by atoms with van der Waals surface area (Å²) in [4.78, 5) is 23.2. The lowest BCUT2D eigenvalue weighted by Gasteiger charge is -2.06. The van der Waals surface area contributed by atoms with E-state index in [9.17, 15) is 14.9 Å². The highest BCUT2D eigenvalue weighted by Gasteiger charge is 2.09. The van der Waals surface area contributed by atoms with Crippen LogP contribution in [0.25, 0.3) is 6.08 Å². The summed E-state index contributed by atoms with van der Waals surface area (Å²) in [6, 6.07) is 15.5. The number of carbonyl (C=O) groups is 2. The van der Waals surface area contributed by atoms with Crippen molar-refractivity contribution in [2.45, 2.75) is 6.92 Å². The number of anilines is 2. The number of methoxy groups -OCH3 is 1. The summed E-state index contributed by atoms with van der Waals surface area (Å²) >= 11 is 0. The Morgan fingerprint density at radius 2 is 1.56 bits per heavy atom. The largest absolute Gasteiger partial charge is 0.497 e. The van der Waals surface area contributed by atoms with Gasteiger partial charge in [-0.1, -0.05) is 12.1 Å². The maximum Gasteiger partial charge on any atom is 0.266 e. The van der Waals surface area contributed by atoms with Crippen LogP contribution in [0.5, 0.6) is 5.75 Å². The van der Waals surface area contributed by atoms with E-state index in [2.05, 4.69) is 10.6 Å². The molecule has 0 unspecified atom stereocenters. The maximum absolute atomic E-state index is 12.2. The Morgan fingerprint density at radius 1 is 1.00 bits per heavy atom. The smallest absolute Gasteiger partial charge is 0.266 e. The molecule has 0 fully saturated rings. The second-order valence-corrected chi connectivity index (χ2v) is 5.16. The normalized spacial score (nSPS) is 10.5. The van der Waals surface area contributed by atoms with Crippen LogP contribution in [-0.2, 0) is 9.59 Å². The minimum Gasteiger partial charge on any atom is -0.497 e. The molecule has 2 amide bonds. The molecule has 6 heteroatoms. The summed E-state index contributed by atoms with van der Waals surface area (Å²) in [6.07, 6.45) is 1.50. The van der Waals surface area contributed by atoms with Gasteiger partial charge in [-0.2, -0.15) is 5.26 Å². The van der Waals surface area contributed by atoms with Gasteiger partial charge in [0.15, 0.2) is 0 Å². The average molecular weight is 335 g/mol. The quantitative estimate of drug-likeness (QED) is 0.648. The number of nitrogens with zero attached hydrogens (tertiary/aromatic N) is 1. The van der Waals surface area contributed by atoms with Gasteiger partial charge < -0.3 is 15.4 Å². The van der Waals surface area contributed by atoms with Gasteiger partial charge in [0.25, 0.3) is 5.91 Å². The Morgan fingerprint density at radius 3 is 2.04 bits per heavy atom. The van der Waals surface area contributed by atoms with Crippen molar-refractivity contribution in [3.8, 4) is 11.8 Å². The number of hydrogen-bond donors (Lipinski definition) is 2. The molecule has 0 spiro atoms. The number of amides is 2. The van der Waals surface area contributed by atoms with Crippen molar-refractivity contribution >= 4 is 29.3 Å². The van der Waals surface area contributed by atoms with Crippen molar-refractivity contribution in [1.29, 1.82) is 5.26 Å². The third kappa shape index (κ3) is 5.22. The van der Waals surface area contributed by atoms with Crippen molar-refractivity contribution < 1.29 is 14.3 Å². The zero-order valence-corrected chi connectivity index (χ0v) is 13.9. The van der Waals surface area contributed by atoms with E-state index in [4.69, 9.17) is 4.74 Å². The van der Waals surface area contributed by atoms with Crippen LogP contribution in [0.4, 0.5) is 11.4 Å². The van der Waals surface area contributed by atoms with Gasteiger partial charge in [0.2, 0.25) is 5.91 Å². The summed E-state index contributed by atoms with van der Waals surface area (Å²) in [6.45, 7) is 1.42. The first-order valence-corrected chi connectivity index (χ1v) is 7.46. The van der Waals surface area contributed by atoms with Gasteiger partial charge in [0.05, 0.1) is 7.11 Å². The lowest BCUT2D eigenvalue weighted by Crippen LogP contribution is -2.13. The third-order valence-corrected chi connectivity index (χ3v) is 3.26. The molecule has 6 nitrogen and oxygen atoms in total. The fraction of sp³-hybridized carbons (Fsp3) is 0.105. The molecule has 126 valence electrons. The number of nitriles is 1. The number of rotatable bonds is 5. The van der Waals surface area contributed by atoms with Crippen LogP contribution in [0.15, 0.2) is 54.1 Å². The molecular formula is C19H17N3O3. The minimum atomic E-state index is -0.509. The van der Waals surface area contributed by atoms with E-state index in [1.54, 1.807) is 55.6 Å². The lowest BCUT2D eigenvalue weighted by atomic mass is 10.1. The molecule has 0 aliphatic carbocycles. The molecule has 2 aromatic carbocycles. The van der Waals surface area contributed by atoms with E-state index in [0.29, 0.717) is 22.7 Å². The molecule has 0 saturated carbocycles. The fourth-order valence-corrected chi connectivity index (χ4v) is 2.05. The van der Waals surface area contributed by atoms with E-state index >= 15 is 0 Å². The molecule has 0 heterocycles. The van der Waals surface area contributed by atoms with E-state index < -0.39 is 5.91 Å². The fourth-order valence-electron chi connectivity index (χ4n) is 2.05. The van der Waals surface area contributed by atoms with Crippen molar-refractivity contribution in [1.82, 2.24) is 0 Å². The van der Waals surface area contributed by atoms with Crippen LogP contribution >= 0.6 is 0 Å². The Hall–Kier alpha value is -3.59. The number of benzene rings is 2. The maximum atomic E-state index is 12.2. The molecule has 0 aliphatic heterocycles. The molecule has 0 radical (unpaired) electrons. The Balaban J connectivity index is 2.10. The van der Waals surface area contributed by atoms with E-state index in [-0.39, 0.29) is 11.5 Å². The van der Waals surface area contributed by atoms with Crippen LogP contribution < -0.4 is 15.4 Å². The van der Waals surface area contributed by atoms with Crippen molar-refractivity contribution in [3.63, 3.8) is 0 Å². The van der Waals surface area contributed by atoms with Crippen molar-refractivity contribution in [2.24, 2.45) is 0 Å². The molecule has 0 aromatic heterocycles. The van der Waals surface area contributed by atoms with Gasteiger partial charge in [0, 0.05) is 18.3 Å². The van der Waals surface area contributed by atoms with E-state index in [0.717, 1.165) is 0 Å². The van der Waals surface area contributed by atoms with Crippen molar-refractivity contribution in [3.05, 3.63) is 59.7 Å². The first-order valence-electron chi connectivity index (χ1n) is 7.46. The Labute approximate surface area is 145 Å². The number of carbonyl (C=O) groups excluding carboxylic acids is 2. The van der Waals surface area contributed by atoms with Gasteiger partial charge in [-0.15, -0.1) is 0 Å². The van der Waals surface area contributed by atoms with Crippen LogP contribution in [0.2, 0.25) is 0 Å². The highest BCUT2D eigenvalue weighted by molar-refractivity contribution is 6.09. The molecule has 0 bridgehead atoms. The number of hydrogen-bond acceptors (Lipinski definition) is 4. The monoisotopic (exact) mass is 335 g/mol. The zero-order chi connectivity index (χ0) is 18.2. The van der Waals surface area contributed by atoms with Gasteiger partial charge in [-0.05, 0) is 48.0 Å². The summed E-state index contributed by atoms with van der Waals surface area (Å²) in [5.41, 5.74) is 1.85. The SMILES string of the molecule is COc1ccc(C=C(C#N)C(=O)Nc2ccc(NC(C)=O)cc2)cc1. The number of nitrogens with one attached hydrogen (secondary N) is 2. The Kier molecular flexibility index (Phi) is 5.91. The predicted molar refractivity (Wildman–Crippen MR) is 96.0 cm³/mol. The molecule has 0 saturated heterocycles. The first-order chi connectivity index (χ1) is 12.0. The van der Waals surface area contributed by atoms with Crippen LogP contribution in [0, 0.1) is 11.3 Å². The third-order valence-electron chi connectivity index (χ3n) is 3.26. The van der Waals surface area contributed by atoms with Crippen LogP contribution in [0.1, 0.15) is 12.5 Å². The number of ether oxygens (including phenoxy) is 1. The molecular weight excluding hydrogens is 318 g/mol.